The lowest BCUT2D eigenvalue weighted by molar-refractivity contribution is 0.0393. The number of morpholine rings is 1. The third-order valence-electron chi connectivity index (χ3n) is 9.73. The highest BCUT2D eigenvalue weighted by atomic mass is 35.5. The van der Waals surface area contributed by atoms with Gasteiger partial charge in [-0.15, -0.1) is 0 Å². The van der Waals surface area contributed by atoms with Crippen molar-refractivity contribution in [1.82, 2.24) is 24.3 Å². The highest BCUT2D eigenvalue weighted by Gasteiger charge is 2.42. The van der Waals surface area contributed by atoms with Gasteiger partial charge in [0.25, 0.3) is 5.56 Å². The summed E-state index contributed by atoms with van der Waals surface area (Å²) in [5.41, 5.74) is 2.29. The number of nitrogens with zero attached hydrogens (tertiary/aromatic N) is 6. The Bertz CT molecular complexity index is 1770. The second kappa shape index (κ2) is 10.7. The molecule has 4 aliphatic rings. The minimum absolute atomic E-state index is 0.114. The molecule has 3 aromatic heterocycles. The van der Waals surface area contributed by atoms with Crippen LogP contribution in [0.1, 0.15) is 56.0 Å². The predicted molar refractivity (Wildman–Crippen MR) is 161 cm³/mol. The van der Waals surface area contributed by atoms with Crippen LogP contribution >= 0.6 is 11.6 Å². The molecule has 0 bridgehead atoms. The minimum Gasteiger partial charge on any atom is -0.376 e. The van der Waals surface area contributed by atoms with Crippen LogP contribution in [0.15, 0.2) is 41.5 Å². The third kappa shape index (κ3) is 4.93. The van der Waals surface area contributed by atoms with Crippen molar-refractivity contribution in [3.63, 3.8) is 0 Å². The summed E-state index contributed by atoms with van der Waals surface area (Å²) in [5.74, 6) is 0.807. The molecule has 2 atom stereocenters. The van der Waals surface area contributed by atoms with Crippen LogP contribution in [0, 0.1) is 11.2 Å². The number of hydrogen-bond acceptors (Lipinski definition) is 7. The highest BCUT2D eigenvalue weighted by molar-refractivity contribution is 6.30. The summed E-state index contributed by atoms with van der Waals surface area (Å²) in [6.07, 6.45) is 11.8. The summed E-state index contributed by atoms with van der Waals surface area (Å²) in [5, 5.41) is 5.38. The van der Waals surface area contributed by atoms with E-state index in [1.165, 1.54) is 31.7 Å². The van der Waals surface area contributed by atoms with Gasteiger partial charge in [-0.05, 0) is 55.4 Å². The van der Waals surface area contributed by atoms with Gasteiger partial charge in [0, 0.05) is 48.4 Å². The molecule has 0 N–H and O–H groups in total. The molecule has 1 spiro atoms. The molecule has 11 heteroatoms. The number of anilines is 1. The fraction of sp³-hybridized carbons (Fsp3) is 0.500. The first-order valence-electron chi connectivity index (χ1n) is 15.4. The van der Waals surface area contributed by atoms with Gasteiger partial charge >= 0.3 is 0 Å². The molecule has 43 heavy (non-hydrogen) atoms. The normalized spacial score (nSPS) is 23.1. The van der Waals surface area contributed by atoms with E-state index in [-0.39, 0.29) is 23.3 Å². The van der Waals surface area contributed by atoms with Crippen molar-refractivity contribution in [2.75, 3.05) is 31.2 Å². The summed E-state index contributed by atoms with van der Waals surface area (Å²) in [7, 11) is 0. The topological polar surface area (TPSA) is 87.3 Å². The van der Waals surface area contributed by atoms with Gasteiger partial charge in [0.05, 0.1) is 37.4 Å². The number of halogens is 2. The van der Waals surface area contributed by atoms with E-state index in [0.717, 1.165) is 31.6 Å². The van der Waals surface area contributed by atoms with Crippen molar-refractivity contribution in [2.24, 2.45) is 5.41 Å². The molecule has 0 radical (unpaired) electrons. The standard InChI is InChI=1S/C32H34ClFN6O3/c33-21-5-6-23(25(34)12-21)29-30-24(31(41)40-9-3-4-27(40)36-30)13-28(37-29)38-10-11-42-26(18-38)20-15-35-39(16-20)17-22-14-32(19-43-22)7-1-2-8-32/h5-6,12-13,15-16,22,26H,1-4,7-11,14,17-19H2/t22?,26-/m1/s1. The zero-order valence-corrected chi connectivity index (χ0v) is 24.7. The van der Waals surface area contributed by atoms with Gasteiger partial charge in [-0.3, -0.25) is 14.0 Å². The van der Waals surface area contributed by atoms with Gasteiger partial charge in [0.1, 0.15) is 34.8 Å². The lowest BCUT2D eigenvalue weighted by atomic mass is 9.84. The van der Waals surface area contributed by atoms with Crippen LogP contribution in [-0.4, -0.2) is 56.7 Å². The summed E-state index contributed by atoms with van der Waals surface area (Å²) >= 11 is 6.06. The van der Waals surface area contributed by atoms with Crippen LogP contribution in [0.2, 0.25) is 5.02 Å². The SMILES string of the molecule is O=c1c2cc(N3CCO[C@@H](c4cnn(CC5CC6(CCCC6)CO5)c4)C3)nc(-c3ccc(Cl)cc3F)c2nc2n1CCC2. The molecule has 9 nitrogen and oxygen atoms in total. The number of rotatable bonds is 5. The molecule has 3 aliphatic heterocycles. The second-order valence-electron chi connectivity index (χ2n) is 12.6. The van der Waals surface area contributed by atoms with E-state index in [1.54, 1.807) is 22.8 Å². The molecule has 8 rings (SSSR count). The zero-order valence-electron chi connectivity index (χ0n) is 24.0. The fourth-order valence-corrected chi connectivity index (χ4v) is 7.66. The Hall–Kier alpha value is -3.34. The Balaban J connectivity index is 1.09. The van der Waals surface area contributed by atoms with Crippen LogP contribution in [0.3, 0.4) is 0 Å². The van der Waals surface area contributed by atoms with Gasteiger partial charge in [-0.1, -0.05) is 24.4 Å². The van der Waals surface area contributed by atoms with E-state index in [0.29, 0.717) is 71.3 Å². The number of benzene rings is 1. The zero-order chi connectivity index (χ0) is 29.1. The van der Waals surface area contributed by atoms with Crippen molar-refractivity contribution >= 4 is 28.3 Å². The van der Waals surface area contributed by atoms with E-state index < -0.39 is 5.82 Å². The Morgan fingerprint density at radius 2 is 1.98 bits per heavy atom. The number of ether oxygens (including phenoxy) is 2. The molecule has 1 aromatic carbocycles. The largest absolute Gasteiger partial charge is 0.376 e. The number of hydrogen-bond donors (Lipinski definition) is 0. The molecular formula is C32H34ClFN6O3. The second-order valence-corrected chi connectivity index (χ2v) is 13.0. The van der Waals surface area contributed by atoms with Crippen LogP contribution in [-0.2, 0) is 29.0 Å². The maximum atomic E-state index is 15.2. The Morgan fingerprint density at radius 1 is 1.09 bits per heavy atom. The predicted octanol–water partition coefficient (Wildman–Crippen LogP) is 5.32. The molecule has 1 unspecified atom stereocenters. The van der Waals surface area contributed by atoms with E-state index in [1.807, 2.05) is 10.9 Å². The molecule has 1 aliphatic carbocycles. The molecule has 3 fully saturated rings. The molecular weight excluding hydrogens is 571 g/mol. The number of aromatic nitrogens is 5. The molecule has 6 heterocycles. The molecule has 1 saturated carbocycles. The Kier molecular flexibility index (Phi) is 6.76. The summed E-state index contributed by atoms with van der Waals surface area (Å²) < 4.78 is 31.3. The smallest absolute Gasteiger partial charge is 0.261 e. The lowest BCUT2D eigenvalue weighted by Gasteiger charge is -2.33. The van der Waals surface area contributed by atoms with Crippen LogP contribution in [0.25, 0.3) is 22.2 Å². The first-order valence-corrected chi connectivity index (χ1v) is 15.7. The van der Waals surface area contributed by atoms with Crippen LogP contribution < -0.4 is 10.5 Å². The van der Waals surface area contributed by atoms with Gasteiger partial charge < -0.3 is 14.4 Å². The maximum Gasteiger partial charge on any atom is 0.261 e. The number of fused-ring (bicyclic) bond motifs is 2. The quantitative estimate of drug-likeness (QED) is 0.305. The molecule has 4 aromatic rings. The number of pyridine rings is 1. The highest BCUT2D eigenvalue weighted by Crippen LogP contribution is 2.46. The van der Waals surface area contributed by atoms with Crippen molar-refractivity contribution in [3.8, 4) is 11.3 Å². The van der Waals surface area contributed by atoms with E-state index in [2.05, 4.69) is 16.2 Å². The van der Waals surface area contributed by atoms with E-state index in [4.69, 9.17) is 31.0 Å². The van der Waals surface area contributed by atoms with Gasteiger partial charge in [0.15, 0.2) is 0 Å². The molecule has 224 valence electrons. The average molecular weight is 605 g/mol. The first kappa shape index (κ1) is 27.2. The summed E-state index contributed by atoms with van der Waals surface area (Å²) in [6, 6.07) is 6.31. The van der Waals surface area contributed by atoms with Crippen LogP contribution in [0.5, 0.6) is 0 Å². The molecule has 2 saturated heterocycles. The van der Waals surface area contributed by atoms with E-state index >= 15 is 4.39 Å². The van der Waals surface area contributed by atoms with Crippen molar-refractivity contribution in [1.29, 1.82) is 0 Å². The lowest BCUT2D eigenvalue weighted by Crippen LogP contribution is -2.39. The maximum absolute atomic E-state index is 15.2. The fourth-order valence-electron chi connectivity index (χ4n) is 7.50. The van der Waals surface area contributed by atoms with Crippen molar-refractivity contribution < 1.29 is 13.9 Å². The molecule has 0 amide bonds. The van der Waals surface area contributed by atoms with E-state index in [9.17, 15) is 4.79 Å². The monoisotopic (exact) mass is 604 g/mol. The van der Waals surface area contributed by atoms with Crippen LogP contribution in [0.4, 0.5) is 10.2 Å². The van der Waals surface area contributed by atoms with Gasteiger partial charge in [-0.25, -0.2) is 14.4 Å². The Morgan fingerprint density at radius 3 is 2.84 bits per heavy atom. The first-order chi connectivity index (χ1) is 20.9. The summed E-state index contributed by atoms with van der Waals surface area (Å²) in [4.78, 5) is 25.4. The van der Waals surface area contributed by atoms with Crippen molar-refractivity contribution in [2.45, 2.75) is 70.2 Å². The Labute approximate surface area is 253 Å². The van der Waals surface area contributed by atoms with Gasteiger partial charge in [-0.2, -0.15) is 5.10 Å². The summed E-state index contributed by atoms with van der Waals surface area (Å²) in [6.45, 7) is 3.83. The number of aryl methyl sites for hydroxylation is 1. The van der Waals surface area contributed by atoms with Crippen molar-refractivity contribution in [3.05, 3.63) is 69.2 Å². The third-order valence-corrected chi connectivity index (χ3v) is 9.97. The average Bonchev–Trinajstić information content (AvgIpc) is 3.83. The minimum atomic E-state index is -0.502. The van der Waals surface area contributed by atoms with Gasteiger partial charge in [0.2, 0.25) is 0 Å².